The summed E-state index contributed by atoms with van der Waals surface area (Å²) in [7, 11) is 1.50. The van der Waals surface area contributed by atoms with Crippen LogP contribution in [0.5, 0.6) is 5.75 Å². The number of hydrogen-bond donors (Lipinski definition) is 1. The zero-order valence-corrected chi connectivity index (χ0v) is 16.7. The van der Waals surface area contributed by atoms with Crippen molar-refractivity contribution in [2.24, 2.45) is 0 Å². The molecule has 5 nitrogen and oxygen atoms in total. The number of nitrogens with one attached hydrogen (secondary N) is 1. The summed E-state index contributed by atoms with van der Waals surface area (Å²) in [6.45, 7) is 1.62. The van der Waals surface area contributed by atoms with Gasteiger partial charge in [0.1, 0.15) is 11.3 Å². The van der Waals surface area contributed by atoms with E-state index in [-0.39, 0.29) is 18.6 Å². The van der Waals surface area contributed by atoms with E-state index in [2.05, 4.69) is 17.4 Å². The second-order valence-electron chi connectivity index (χ2n) is 6.14. The van der Waals surface area contributed by atoms with Crippen LogP contribution in [-0.2, 0) is 16.0 Å². The van der Waals surface area contributed by atoms with Gasteiger partial charge in [-0.2, -0.15) is 0 Å². The van der Waals surface area contributed by atoms with Gasteiger partial charge in [-0.1, -0.05) is 30.3 Å². The van der Waals surface area contributed by atoms with Crippen LogP contribution in [0, 0.1) is 0 Å². The minimum atomic E-state index is -0.577. The maximum absolute atomic E-state index is 12.2. The topological polar surface area (TPSA) is 64.6 Å². The third kappa shape index (κ3) is 6.64. The van der Waals surface area contributed by atoms with Crippen LogP contribution in [0.2, 0.25) is 0 Å². The molecule has 0 fully saturated rings. The van der Waals surface area contributed by atoms with Crippen molar-refractivity contribution in [3.8, 4) is 5.75 Å². The van der Waals surface area contributed by atoms with Crippen molar-refractivity contribution in [2.45, 2.75) is 30.7 Å². The molecule has 0 unspecified atom stereocenters. The van der Waals surface area contributed by atoms with E-state index in [0.717, 1.165) is 17.7 Å². The van der Waals surface area contributed by atoms with Crippen LogP contribution in [0.1, 0.15) is 29.3 Å². The molecule has 0 aromatic heterocycles. The number of carbonyl (C=O) groups is 2. The van der Waals surface area contributed by atoms with E-state index in [9.17, 15) is 9.59 Å². The van der Waals surface area contributed by atoms with Crippen molar-refractivity contribution < 1.29 is 19.1 Å². The highest BCUT2D eigenvalue weighted by molar-refractivity contribution is 7.98. The van der Waals surface area contributed by atoms with Crippen molar-refractivity contribution in [3.05, 3.63) is 59.7 Å². The summed E-state index contributed by atoms with van der Waals surface area (Å²) < 4.78 is 10.4. The lowest BCUT2D eigenvalue weighted by Crippen LogP contribution is -2.36. The Bertz CT molecular complexity index is 764. The fraction of sp³-hybridized carbons (Fsp3) is 0.333. The summed E-state index contributed by atoms with van der Waals surface area (Å²) in [5, 5.41) is 2.85. The molecule has 27 heavy (non-hydrogen) atoms. The zero-order valence-electron chi connectivity index (χ0n) is 15.9. The molecule has 2 aromatic carbocycles. The van der Waals surface area contributed by atoms with Gasteiger partial charge in [0, 0.05) is 10.9 Å². The van der Waals surface area contributed by atoms with Gasteiger partial charge in [0.2, 0.25) is 0 Å². The molecule has 1 amide bonds. The lowest BCUT2D eigenvalue weighted by atomic mass is 10.1. The van der Waals surface area contributed by atoms with Crippen LogP contribution in [0.15, 0.2) is 53.4 Å². The van der Waals surface area contributed by atoms with E-state index in [1.165, 1.54) is 12.7 Å². The Morgan fingerprint density at radius 2 is 1.89 bits per heavy atom. The standard InChI is InChI=1S/C21H25NO4S/c1-15(9-10-16-7-5-4-6-8-16)22-20(23)14-26-21(24)18-12-11-17(27-3)13-19(18)25-2/h4-8,11-13,15H,9-10,14H2,1-3H3,(H,22,23)/t15-/m0/s1. The van der Waals surface area contributed by atoms with Gasteiger partial charge in [-0.25, -0.2) is 4.79 Å². The van der Waals surface area contributed by atoms with E-state index in [4.69, 9.17) is 9.47 Å². The minimum Gasteiger partial charge on any atom is -0.496 e. The third-order valence-electron chi connectivity index (χ3n) is 4.08. The first kappa shape index (κ1) is 20.8. The molecule has 0 bridgehead atoms. The summed E-state index contributed by atoms with van der Waals surface area (Å²) in [4.78, 5) is 25.2. The minimum absolute atomic E-state index is 0.00759. The van der Waals surface area contributed by atoms with Gasteiger partial charge in [0.05, 0.1) is 7.11 Å². The molecule has 1 atom stereocenters. The van der Waals surface area contributed by atoms with Gasteiger partial charge in [-0.05, 0) is 49.8 Å². The summed E-state index contributed by atoms with van der Waals surface area (Å²) in [5.41, 5.74) is 1.53. The smallest absolute Gasteiger partial charge is 0.342 e. The van der Waals surface area contributed by atoms with E-state index in [1.54, 1.807) is 23.9 Å². The summed E-state index contributed by atoms with van der Waals surface area (Å²) in [6, 6.07) is 15.3. The van der Waals surface area contributed by atoms with Crippen LogP contribution in [0.4, 0.5) is 0 Å². The molecule has 0 aliphatic heterocycles. The number of amides is 1. The molecular formula is C21H25NO4S. The molecule has 1 N–H and O–H groups in total. The molecule has 0 saturated carbocycles. The average molecular weight is 388 g/mol. The van der Waals surface area contributed by atoms with Crippen LogP contribution >= 0.6 is 11.8 Å². The summed E-state index contributed by atoms with van der Waals surface area (Å²) >= 11 is 1.55. The normalized spacial score (nSPS) is 11.5. The van der Waals surface area contributed by atoms with Gasteiger partial charge in [0.25, 0.3) is 5.91 Å². The molecule has 0 aliphatic rings. The number of ether oxygens (including phenoxy) is 2. The number of methoxy groups -OCH3 is 1. The molecule has 0 heterocycles. The Balaban J connectivity index is 1.80. The number of benzene rings is 2. The van der Waals surface area contributed by atoms with Crippen molar-refractivity contribution in [3.63, 3.8) is 0 Å². The molecule has 2 rings (SSSR count). The summed E-state index contributed by atoms with van der Waals surface area (Å²) in [6.07, 6.45) is 3.63. The number of rotatable bonds is 9. The molecule has 0 radical (unpaired) electrons. The van der Waals surface area contributed by atoms with Gasteiger partial charge >= 0.3 is 5.97 Å². The highest BCUT2D eigenvalue weighted by Gasteiger charge is 2.16. The highest BCUT2D eigenvalue weighted by Crippen LogP contribution is 2.25. The SMILES string of the molecule is COc1cc(SC)ccc1C(=O)OCC(=O)N[C@@H](C)CCc1ccccc1. The number of aryl methyl sites for hydroxylation is 1. The first-order chi connectivity index (χ1) is 13.0. The van der Waals surface area contributed by atoms with Gasteiger partial charge in [-0.3, -0.25) is 4.79 Å². The maximum atomic E-state index is 12.2. The molecule has 0 saturated heterocycles. The van der Waals surface area contributed by atoms with Crippen molar-refractivity contribution >= 4 is 23.6 Å². The molecule has 0 spiro atoms. The largest absolute Gasteiger partial charge is 0.496 e. The molecule has 2 aromatic rings. The number of esters is 1. The maximum Gasteiger partial charge on any atom is 0.342 e. The van der Waals surface area contributed by atoms with E-state index >= 15 is 0 Å². The Kier molecular flexibility index (Phi) is 8.20. The van der Waals surface area contributed by atoms with Crippen molar-refractivity contribution in [1.82, 2.24) is 5.32 Å². The first-order valence-corrected chi connectivity index (χ1v) is 9.98. The summed E-state index contributed by atoms with van der Waals surface area (Å²) in [5.74, 6) is -0.460. The number of thioether (sulfide) groups is 1. The molecule has 6 heteroatoms. The molecule has 144 valence electrons. The Hall–Kier alpha value is -2.47. The van der Waals surface area contributed by atoms with Gasteiger partial charge in [0.15, 0.2) is 6.61 Å². The quantitative estimate of drug-likeness (QED) is 0.525. The van der Waals surface area contributed by atoms with Crippen molar-refractivity contribution in [1.29, 1.82) is 0 Å². The van der Waals surface area contributed by atoms with Crippen molar-refractivity contribution in [2.75, 3.05) is 20.0 Å². The Labute approximate surface area is 164 Å². The van der Waals surface area contributed by atoms with Crippen LogP contribution in [0.25, 0.3) is 0 Å². The van der Waals surface area contributed by atoms with E-state index < -0.39 is 5.97 Å². The highest BCUT2D eigenvalue weighted by atomic mass is 32.2. The first-order valence-electron chi connectivity index (χ1n) is 8.76. The fourth-order valence-electron chi connectivity index (χ4n) is 2.59. The fourth-order valence-corrected chi connectivity index (χ4v) is 3.02. The number of carbonyl (C=O) groups excluding carboxylic acids is 2. The average Bonchev–Trinajstić information content (AvgIpc) is 2.70. The monoisotopic (exact) mass is 387 g/mol. The predicted octanol–water partition coefficient (Wildman–Crippen LogP) is 3.71. The molecule has 0 aliphatic carbocycles. The Morgan fingerprint density at radius 3 is 2.56 bits per heavy atom. The Morgan fingerprint density at radius 1 is 1.15 bits per heavy atom. The zero-order chi connectivity index (χ0) is 19.6. The van der Waals surface area contributed by atoms with Crippen LogP contribution in [0.3, 0.4) is 0 Å². The van der Waals surface area contributed by atoms with Gasteiger partial charge in [-0.15, -0.1) is 11.8 Å². The van der Waals surface area contributed by atoms with E-state index in [1.807, 2.05) is 37.4 Å². The number of hydrogen-bond acceptors (Lipinski definition) is 5. The lowest BCUT2D eigenvalue weighted by Gasteiger charge is -2.14. The van der Waals surface area contributed by atoms with E-state index in [0.29, 0.717) is 11.3 Å². The van der Waals surface area contributed by atoms with Crippen LogP contribution in [-0.4, -0.2) is 37.9 Å². The second-order valence-corrected chi connectivity index (χ2v) is 7.01. The predicted molar refractivity (Wildman–Crippen MR) is 107 cm³/mol. The molecular weight excluding hydrogens is 362 g/mol. The van der Waals surface area contributed by atoms with Crippen LogP contribution < -0.4 is 10.1 Å². The third-order valence-corrected chi connectivity index (χ3v) is 4.80. The second kappa shape index (κ2) is 10.6. The lowest BCUT2D eigenvalue weighted by molar-refractivity contribution is -0.124. The van der Waals surface area contributed by atoms with Gasteiger partial charge < -0.3 is 14.8 Å².